The van der Waals surface area contributed by atoms with Gasteiger partial charge < -0.3 is 20.4 Å². The van der Waals surface area contributed by atoms with E-state index in [4.69, 9.17) is 69.6 Å². The summed E-state index contributed by atoms with van der Waals surface area (Å²) in [5.74, 6) is -0.417. The van der Waals surface area contributed by atoms with Crippen molar-refractivity contribution >= 4 is 114 Å². The quantitative estimate of drug-likeness (QED) is 0.132. The molecule has 0 saturated carbocycles. The van der Waals surface area contributed by atoms with Crippen molar-refractivity contribution < 1.29 is 39.2 Å². The molecule has 0 saturated heterocycles. The predicted molar refractivity (Wildman–Crippen MR) is 187 cm³/mol. The Balaban J connectivity index is 0.000000250. The predicted octanol–water partition coefficient (Wildman–Crippen LogP) is 13.4. The van der Waals surface area contributed by atoms with Crippen LogP contribution in [-0.2, 0) is 17.4 Å². The fourth-order valence-corrected chi connectivity index (χ4v) is 5.49. The summed E-state index contributed by atoms with van der Waals surface area (Å²) in [6.45, 7) is 0. The van der Waals surface area contributed by atoms with Crippen LogP contribution in [0.4, 0.5) is 22.7 Å². The van der Waals surface area contributed by atoms with Gasteiger partial charge in [-0.1, -0.05) is 81.7 Å². The van der Waals surface area contributed by atoms with E-state index in [2.05, 4.69) is 20.5 Å². The molecule has 8 nitrogen and oxygen atoms in total. The number of azo groups is 2. The zero-order chi connectivity index (χ0) is 33.1. The average Bonchev–Trinajstić information content (AvgIpc) is 3.03. The molecule has 0 unspecified atom stereocenters. The number of hydrogen-bond donors (Lipinski definition) is 4. The second-order valence-electron chi connectivity index (χ2n) is 9.44. The topological polar surface area (TPSA) is 130 Å². The fourth-order valence-electron chi connectivity index (χ4n) is 4.21. The van der Waals surface area contributed by atoms with Gasteiger partial charge in [-0.2, -0.15) is 0 Å². The molecule has 0 aliphatic rings. The van der Waals surface area contributed by atoms with Crippen LogP contribution in [0.25, 0.3) is 21.5 Å². The van der Waals surface area contributed by atoms with Crippen molar-refractivity contribution in [2.75, 3.05) is 0 Å². The molecule has 4 N–H and O–H groups in total. The normalized spacial score (nSPS) is 11.2. The van der Waals surface area contributed by atoms with Crippen LogP contribution in [0.2, 0.25) is 30.1 Å². The van der Waals surface area contributed by atoms with Gasteiger partial charge in [-0.25, -0.2) is 0 Å². The largest absolute Gasteiger partial charge is 1.00 e. The molecule has 0 aliphatic carbocycles. The summed E-state index contributed by atoms with van der Waals surface area (Å²) < 4.78 is 0. The molecule has 0 radical (unpaired) electrons. The monoisotopic (exact) mass is 785 g/mol. The standard InChI is InChI=1S/2C16H9Cl3N2O2.Cr/c2*17-8-1-6-14(22)13(7-8)21-20-12-5-2-9-10(18)3-4-11(19)15(9)16(12)23;/h2*1-7,22-23H;/p+1. The summed E-state index contributed by atoms with van der Waals surface area (Å²) >= 11 is 36.1. The molecule has 0 amide bonds. The Kier molecular flexibility index (Phi) is 12.1. The van der Waals surface area contributed by atoms with Crippen molar-refractivity contribution in [2.45, 2.75) is 0 Å². The number of halogens is 6. The minimum absolute atomic E-state index is 0. The maximum absolute atomic E-state index is 10.4. The smallest absolute Gasteiger partial charge is 0.506 e. The van der Waals surface area contributed by atoms with Crippen LogP contribution < -0.4 is 0 Å². The van der Waals surface area contributed by atoms with Crippen molar-refractivity contribution in [1.82, 2.24) is 0 Å². The SMILES string of the molecule is Oc1ccc(Cl)cc1N=Nc1ccc2c(Cl)ccc(Cl)c2c1O.Oc1ccc(Cl)cc1N=Nc1ccc2c(Cl)ccc(Cl)c2c1O.[Cr].[H+]. The number of hydrogen-bond acceptors (Lipinski definition) is 8. The summed E-state index contributed by atoms with van der Waals surface area (Å²) in [6.07, 6.45) is 0. The maximum atomic E-state index is 10.4. The van der Waals surface area contributed by atoms with Crippen molar-refractivity contribution in [2.24, 2.45) is 20.5 Å². The Labute approximate surface area is 309 Å². The van der Waals surface area contributed by atoms with Crippen molar-refractivity contribution in [1.29, 1.82) is 0 Å². The number of phenolic OH excluding ortho intramolecular Hbond substituents is 4. The molecule has 0 atom stereocenters. The van der Waals surface area contributed by atoms with Crippen LogP contribution in [0.3, 0.4) is 0 Å². The van der Waals surface area contributed by atoms with Crippen LogP contribution >= 0.6 is 69.6 Å². The van der Waals surface area contributed by atoms with Gasteiger partial charge in [-0.05, 0) is 72.8 Å². The molecule has 6 aromatic carbocycles. The molecule has 6 rings (SSSR count). The third-order valence-electron chi connectivity index (χ3n) is 6.46. The second-order valence-corrected chi connectivity index (χ2v) is 11.9. The molecule has 238 valence electrons. The molecule has 6 aromatic rings. The molecule has 0 aromatic heterocycles. The van der Waals surface area contributed by atoms with E-state index in [9.17, 15) is 20.4 Å². The Morgan fingerprint density at radius 3 is 1.13 bits per heavy atom. The number of nitrogens with zero attached hydrogens (tertiary/aromatic N) is 4. The summed E-state index contributed by atoms with van der Waals surface area (Å²) in [5.41, 5.74) is 0.769. The summed E-state index contributed by atoms with van der Waals surface area (Å²) in [4.78, 5) is 0. The van der Waals surface area contributed by atoms with Crippen LogP contribution in [0, 0.1) is 0 Å². The van der Waals surface area contributed by atoms with Gasteiger partial charge in [0.05, 0.1) is 10.0 Å². The Morgan fingerprint density at radius 1 is 0.404 bits per heavy atom. The van der Waals surface area contributed by atoms with Crippen LogP contribution in [-0.4, -0.2) is 20.4 Å². The average molecular weight is 788 g/mol. The molecule has 0 heterocycles. The van der Waals surface area contributed by atoms with E-state index in [0.717, 1.165) is 0 Å². The van der Waals surface area contributed by atoms with Crippen LogP contribution in [0.1, 0.15) is 1.43 Å². The van der Waals surface area contributed by atoms with E-state index in [1.165, 1.54) is 36.4 Å². The van der Waals surface area contributed by atoms with Gasteiger partial charge in [0.2, 0.25) is 0 Å². The van der Waals surface area contributed by atoms with E-state index in [0.29, 0.717) is 51.7 Å². The first-order valence-corrected chi connectivity index (χ1v) is 15.2. The zero-order valence-corrected chi connectivity index (χ0v) is 29.1. The van der Waals surface area contributed by atoms with E-state index in [1.807, 2.05) is 0 Å². The first-order chi connectivity index (χ1) is 21.9. The van der Waals surface area contributed by atoms with Gasteiger partial charge in [0.15, 0.2) is 11.5 Å². The fraction of sp³-hybridized carbons (Fsp3) is 0. The minimum atomic E-state index is -0.139. The molecular weight excluding hydrogens is 769 g/mol. The molecule has 15 heteroatoms. The van der Waals surface area contributed by atoms with Gasteiger partial charge in [0, 0.05) is 59.0 Å². The van der Waals surface area contributed by atoms with E-state index >= 15 is 0 Å². The van der Waals surface area contributed by atoms with E-state index in [-0.39, 0.29) is 64.5 Å². The van der Waals surface area contributed by atoms with Gasteiger partial charge >= 0.3 is 1.43 Å². The Bertz CT molecular complexity index is 2050. The summed E-state index contributed by atoms with van der Waals surface area (Å²) in [7, 11) is 0. The minimum Gasteiger partial charge on any atom is -0.506 e. The first kappa shape index (κ1) is 36.4. The number of aromatic hydroxyl groups is 4. The second kappa shape index (κ2) is 15.6. The van der Waals surface area contributed by atoms with Gasteiger partial charge in [0.1, 0.15) is 34.2 Å². The summed E-state index contributed by atoms with van der Waals surface area (Å²) in [5, 5.41) is 60.4. The van der Waals surface area contributed by atoms with Gasteiger partial charge in [-0.3, -0.25) is 0 Å². The van der Waals surface area contributed by atoms with E-state index in [1.54, 1.807) is 48.5 Å². The molecule has 0 spiro atoms. The van der Waals surface area contributed by atoms with Gasteiger partial charge in [-0.15, -0.1) is 20.5 Å². The number of benzene rings is 6. The van der Waals surface area contributed by atoms with E-state index < -0.39 is 0 Å². The first-order valence-electron chi connectivity index (χ1n) is 12.9. The third kappa shape index (κ3) is 8.15. The van der Waals surface area contributed by atoms with Crippen molar-refractivity contribution in [3.63, 3.8) is 0 Å². The molecule has 47 heavy (non-hydrogen) atoms. The zero-order valence-electron chi connectivity index (χ0n) is 24.3. The molecular formula is C32H19Cl6CrN4O4+. The van der Waals surface area contributed by atoms with Crippen molar-refractivity contribution in [3.8, 4) is 23.0 Å². The molecule has 0 aliphatic heterocycles. The molecule has 0 fully saturated rings. The van der Waals surface area contributed by atoms with Crippen LogP contribution in [0.5, 0.6) is 23.0 Å². The third-order valence-corrected chi connectivity index (χ3v) is 8.22. The van der Waals surface area contributed by atoms with Crippen molar-refractivity contribution in [3.05, 3.63) is 115 Å². The molecule has 0 bridgehead atoms. The Morgan fingerprint density at radius 2 is 0.745 bits per heavy atom. The Hall–Kier alpha value is -3.49. The van der Waals surface area contributed by atoms with Gasteiger partial charge in [0.25, 0.3) is 0 Å². The maximum Gasteiger partial charge on any atom is 1.00 e. The number of rotatable bonds is 4. The van der Waals surface area contributed by atoms with Crippen LogP contribution in [0.15, 0.2) is 105 Å². The number of fused-ring (bicyclic) bond motifs is 2. The number of phenols is 4. The summed E-state index contributed by atoms with van der Waals surface area (Å²) in [6, 6.07) is 21.8.